The van der Waals surface area contributed by atoms with Gasteiger partial charge in [-0.25, -0.2) is 13.1 Å². The molecule has 0 bridgehead atoms. The summed E-state index contributed by atoms with van der Waals surface area (Å²) in [5, 5.41) is 6.44. The van der Waals surface area contributed by atoms with Crippen LogP contribution >= 0.6 is 0 Å². The van der Waals surface area contributed by atoms with Crippen LogP contribution in [-0.4, -0.2) is 40.1 Å². The Morgan fingerprint density at radius 1 is 1.27 bits per heavy atom. The van der Waals surface area contributed by atoms with Crippen LogP contribution in [0.5, 0.6) is 0 Å². The molecule has 0 spiro atoms. The maximum absolute atomic E-state index is 12.1. The van der Waals surface area contributed by atoms with Gasteiger partial charge in [0.2, 0.25) is 10.0 Å². The van der Waals surface area contributed by atoms with Gasteiger partial charge in [0, 0.05) is 19.1 Å². The summed E-state index contributed by atoms with van der Waals surface area (Å²) in [5.74, 6) is 0.750. The summed E-state index contributed by atoms with van der Waals surface area (Å²) in [4.78, 5) is 4.65. The Hall–Kier alpha value is -1.60. The second-order valence-electron chi connectivity index (χ2n) is 5.39. The molecule has 1 aliphatic carbocycles. The molecule has 22 heavy (non-hydrogen) atoms. The van der Waals surface area contributed by atoms with Gasteiger partial charge in [-0.2, -0.15) is 0 Å². The maximum Gasteiger partial charge on any atom is 0.240 e. The highest BCUT2D eigenvalue weighted by atomic mass is 32.2. The predicted octanol–water partition coefficient (Wildman–Crippen LogP) is 0.991. The van der Waals surface area contributed by atoms with Crippen LogP contribution in [-0.2, 0) is 10.0 Å². The number of sulfonamides is 1. The molecule has 0 radical (unpaired) electrons. The molecule has 1 fully saturated rings. The third-order valence-corrected chi connectivity index (χ3v) is 4.74. The normalized spacial score (nSPS) is 15.6. The lowest BCUT2D eigenvalue weighted by Gasteiger charge is -2.10. The van der Waals surface area contributed by atoms with E-state index in [1.54, 1.807) is 24.3 Å². The summed E-state index contributed by atoms with van der Waals surface area (Å²) in [6.07, 6.45) is 2.34. The Morgan fingerprint density at radius 2 is 1.95 bits per heavy atom. The average molecular weight is 324 g/mol. The van der Waals surface area contributed by atoms with Crippen molar-refractivity contribution < 1.29 is 8.42 Å². The van der Waals surface area contributed by atoms with Gasteiger partial charge < -0.3 is 10.6 Å². The SMILES string of the molecule is CCNC(=NCCNS(=O)(=O)c1ccc(C)cc1)NC1CC1. The number of nitrogens with zero attached hydrogens (tertiary/aromatic N) is 1. The minimum atomic E-state index is -3.46. The first-order valence-electron chi connectivity index (χ1n) is 7.62. The largest absolute Gasteiger partial charge is 0.357 e. The zero-order valence-corrected chi connectivity index (χ0v) is 13.9. The van der Waals surface area contributed by atoms with Gasteiger partial charge in [-0.15, -0.1) is 0 Å². The molecule has 0 amide bonds. The Kier molecular flexibility index (Phi) is 5.79. The molecule has 7 heteroatoms. The molecule has 0 heterocycles. The molecule has 0 atom stereocenters. The zero-order valence-electron chi connectivity index (χ0n) is 13.1. The second kappa shape index (κ2) is 7.60. The van der Waals surface area contributed by atoms with Crippen molar-refractivity contribution in [2.75, 3.05) is 19.6 Å². The molecule has 2 rings (SSSR count). The topological polar surface area (TPSA) is 82.6 Å². The van der Waals surface area contributed by atoms with Gasteiger partial charge in [-0.05, 0) is 38.8 Å². The molecule has 0 saturated heterocycles. The van der Waals surface area contributed by atoms with Crippen LogP contribution < -0.4 is 15.4 Å². The Bertz CT molecular complexity index is 607. The van der Waals surface area contributed by atoms with Crippen molar-refractivity contribution in [3.05, 3.63) is 29.8 Å². The fourth-order valence-corrected chi connectivity index (χ4v) is 2.91. The molecule has 1 aromatic carbocycles. The monoisotopic (exact) mass is 324 g/mol. The highest BCUT2D eigenvalue weighted by Crippen LogP contribution is 2.18. The number of nitrogens with one attached hydrogen (secondary N) is 3. The van der Waals surface area contributed by atoms with E-state index in [2.05, 4.69) is 20.3 Å². The van der Waals surface area contributed by atoms with E-state index < -0.39 is 10.0 Å². The third-order valence-electron chi connectivity index (χ3n) is 3.27. The van der Waals surface area contributed by atoms with Crippen molar-refractivity contribution in [3.63, 3.8) is 0 Å². The van der Waals surface area contributed by atoms with Gasteiger partial charge >= 0.3 is 0 Å². The number of rotatable bonds is 7. The summed E-state index contributed by atoms with van der Waals surface area (Å²) < 4.78 is 26.8. The summed E-state index contributed by atoms with van der Waals surface area (Å²) in [7, 11) is -3.46. The van der Waals surface area contributed by atoms with Crippen LogP contribution in [0, 0.1) is 6.92 Å². The summed E-state index contributed by atoms with van der Waals surface area (Å²) in [6.45, 7) is 5.39. The number of aryl methyl sites for hydroxylation is 1. The van der Waals surface area contributed by atoms with Crippen molar-refractivity contribution in [2.24, 2.45) is 4.99 Å². The van der Waals surface area contributed by atoms with Gasteiger partial charge in [0.1, 0.15) is 0 Å². The average Bonchev–Trinajstić information content (AvgIpc) is 3.28. The molecule has 0 aromatic heterocycles. The molecule has 1 aromatic rings. The number of hydrogen-bond donors (Lipinski definition) is 3. The highest BCUT2D eigenvalue weighted by molar-refractivity contribution is 7.89. The van der Waals surface area contributed by atoms with Crippen LogP contribution in [0.2, 0.25) is 0 Å². The summed E-state index contributed by atoms with van der Waals surface area (Å²) in [5.41, 5.74) is 1.03. The fourth-order valence-electron chi connectivity index (χ4n) is 1.89. The molecule has 6 nitrogen and oxygen atoms in total. The van der Waals surface area contributed by atoms with E-state index in [1.807, 2.05) is 13.8 Å². The van der Waals surface area contributed by atoms with Crippen molar-refractivity contribution in [2.45, 2.75) is 37.6 Å². The molecular formula is C15H24N4O2S. The van der Waals surface area contributed by atoms with Crippen LogP contribution in [0.4, 0.5) is 0 Å². The quantitative estimate of drug-likeness (QED) is 0.397. The van der Waals surface area contributed by atoms with Gasteiger partial charge in [0.05, 0.1) is 11.4 Å². The van der Waals surface area contributed by atoms with Gasteiger partial charge in [0.15, 0.2) is 5.96 Å². The molecule has 1 saturated carbocycles. The Morgan fingerprint density at radius 3 is 2.55 bits per heavy atom. The van der Waals surface area contributed by atoms with Crippen LogP contribution in [0.3, 0.4) is 0 Å². The number of aliphatic imine (C=N–C) groups is 1. The number of hydrogen-bond acceptors (Lipinski definition) is 3. The van der Waals surface area contributed by atoms with Gasteiger partial charge in [0.25, 0.3) is 0 Å². The summed E-state index contributed by atoms with van der Waals surface area (Å²) in [6, 6.07) is 7.31. The first-order chi connectivity index (χ1) is 10.5. The second-order valence-corrected chi connectivity index (χ2v) is 7.16. The predicted molar refractivity (Wildman–Crippen MR) is 88.5 cm³/mol. The standard InChI is InChI=1S/C15H24N4O2S/c1-3-16-15(19-13-6-7-13)17-10-11-18-22(20,21)14-8-4-12(2)5-9-14/h4-5,8-9,13,18H,3,6-7,10-11H2,1-2H3,(H2,16,17,19). The van der Waals surface area contributed by atoms with Gasteiger partial charge in [-0.1, -0.05) is 17.7 Å². The van der Waals surface area contributed by atoms with E-state index in [0.29, 0.717) is 12.6 Å². The van der Waals surface area contributed by atoms with Crippen molar-refractivity contribution in [1.82, 2.24) is 15.4 Å². The Balaban J connectivity index is 1.84. The van der Waals surface area contributed by atoms with Crippen molar-refractivity contribution in [1.29, 1.82) is 0 Å². The van der Waals surface area contributed by atoms with Crippen molar-refractivity contribution in [3.8, 4) is 0 Å². The van der Waals surface area contributed by atoms with E-state index in [0.717, 1.165) is 18.1 Å². The first-order valence-corrected chi connectivity index (χ1v) is 9.11. The van der Waals surface area contributed by atoms with Crippen LogP contribution in [0.15, 0.2) is 34.2 Å². The van der Waals surface area contributed by atoms with Crippen LogP contribution in [0.25, 0.3) is 0 Å². The molecule has 122 valence electrons. The lowest BCUT2D eigenvalue weighted by atomic mass is 10.2. The minimum absolute atomic E-state index is 0.275. The highest BCUT2D eigenvalue weighted by Gasteiger charge is 2.22. The Labute approximate surface area is 132 Å². The van der Waals surface area contributed by atoms with E-state index in [4.69, 9.17) is 0 Å². The molecule has 3 N–H and O–H groups in total. The van der Waals surface area contributed by atoms with E-state index in [1.165, 1.54) is 12.8 Å². The van der Waals surface area contributed by atoms with E-state index in [9.17, 15) is 8.42 Å². The van der Waals surface area contributed by atoms with Crippen molar-refractivity contribution >= 4 is 16.0 Å². The lowest BCUT2D eigenvalue weighted by Crippen LogP contribution is -2.39. The van der Waals surface area contributed by atoms with Gasteiger partial charge in [-0.3, -0.25) is 4.99 Å². The minimum Gasteiger partial charge on any atom is -0.357 e. The first kappa shape index (κ1) is 16.8. The fraction of sp³-hybridized carbons (Fsp3) is 0.533. The molecule has 0 aliphatic heterocycles. The maximum atomic E-state index is 12.1. The van der Waals surface area contributed by atoms with Crippen LogP contribution in [0.1, 0.15) is 25.3 Å². The number of guanidine groups is 1. The molecule has 0 unspecified atom stereocenters. The van der Waals surface area contributed by atoms with E-state index >= 15 is 0 Å². The number of benzene rings is 1. The smallest absolute Gasteiger partial charge is 0.240 e. The molecular weight excluding hydrogens is 300 g/mol. The molecule has 1 aliphatic rings. The lowest BCUT2D eigenvalue weighted by molar-refractivity contribution is 0.582. The van der Waals surface area contributed by atoms with E-state index in [-0.39, 0.29) is 11.4 Å². The third kappa shape index (κ3) is 5.31. The summed E-state index contributed by atoms with van der Waals surface area (Å²) >= 11 is 0. The zero-order chi connectivity index (χ0) is 16.0.